The highest BCUT2D eigenvalue weighted by molar-refractivity contribution is 6.18. The number of rotatable bonds is 10. The monoisotopic (exact) mass is 1940 g/mol. The van der Waals surface area contributed by atoms with Gasteiger partial charge in [-0.05, 0) is 291 Å². The lowest BCUT2D eigenvalue weighted by molar-refractivity contribution is -0.136. The van der Waals surface area contributed by atoms with Crippen LogP contribution in [-0.4, -0.2) is 82.7 Å². The molecule has 12 aromatic rings. The molecule has 4 unspecified atom stereocenters. The Morgan fingerprint density at radius 3 is 1.04 bits per heavy atom. The molecule has 26 nitrogen and oxygen atoms in total. The van der Waals surface area contributed by atoms with E-state index in [4.69, 9.17) is 0 Å². The van der Waals surface area contributed by atoms with Gasteiger partial charge in [0.1, 0.15) is 34.9 Å². The Balaban J connectivity index is 0.000000102. The predicted octanol–water partition coefficient (Wildman–Crippen LogP) is 16.9. The number of aliphatic carboxylic acids is 1. The van der Waals surface area contributed by atoms with Crippen LogP contribution in [0.4, 0.5) is 55.1 Å². The summed E-state index contributed by atoms with van der Waals surface area (Å²) in [5.74, 6) is -5.23. The van der Waals surface area contributed by atoms with E-state index in [-0.39, 0.29) is 23.5 Å². The third kappa shape index (κ3) is 15.2. The molecule has 726 valence electrons. The number of carboxylic acid groups (broad SMARTS) is 1. The van der Waals surface area contributed by atoms with E-state index in [2.05, 4.69) is 94.1 Å². The molecule has 6 saturated heterocycles. The molecule has 6 atom stereocenters. The van der Waals surface area contributed by atoms with E-state index in [1.165, 1.54) is 127 Å². The molecule has 0 radical (unpaired) electrons. The van der Waals surface area contributed by atoms with Crippen molar-refractivity contribution in [2.75, 3.05) is 0 Å². The maximum Gasteiger partial charge on any atom is 0.322 e. The quantitative estimate of drug-likeness (QED) is 0.0447. The first kappa shape index (κ1) is 93.6. The van der Waals surface area contributed by atoms with Gasteiger partial charge in [-0.1, -0.05) is 195 Å². The molecule has 13 N–H and O–H groups in total. The summed E-state index contributed by atoms with van der Waals surface area (Å²) in [7, 11) is 0. The Morgan fingerprint density at radius 2 is 0.660 bits per heavy atom. The van der Waals surface area contributed by atoms with E-state index in [9.17, 15) is 93.8 Å². The van der Waals surface area contributed by atoms with Crippen molar-refractivity contribution in [2.24, 2.45) is 0 Å². The first-order valence-corrected chi connectivity index (χ1v) is 47.7. The van der Waals surface area contributed by atoms with Crippen molar-refractivity contribution in [1.82, 2.24) is 63.8 Å². The van der Waals surface area contributed by atoms with Crippen LogP contribution >= 0.6 is 0 Å². The van der Waals surface area contributed by atoms with Crippen LogP contribution in [0.1, 0.15) is 212 Å². The number of carbonyl (C=O) groups excluding carboxylic acids is 12. The van der Waals surface area contributed by atoms with Gasteiger partial charge in [0, 0.05) is 27.8 Å². The molecule has 32 heteroatoms. The minimum Gasteiger partial charge on any atom is -0.481 e. The van der Waals surface area contributed by atoms with Gasteiger partial charge in [0.05, 0.1) is 6.42 Å². The number of urea groups is 6. The van der Waals surface area contributed by atoms with Crippen molar-refractivity contribution in [3.63, 3.8) is 0 Å². The van der Waals surface area contributed by atoms with Crippen molar-refractivity contribution in [1.29, 1.82) is 0 Å². The van der Waals surface area contributed by atoms with E-state index < -0.39 is 140 Å². The normalized spacial score (nSPS) is 22.6. The molecule has 8 aliphatic carbocycles. The highest BCUT2D eigenvalue weighted by Gasteiger charge is 2.61. The summed E-state index contributed by atoms with van der Waals surface area (Å²) in [6.45, 7) is 5.80. The molecular weight excluding hydrogens is 1850 g/mol. The first-order valence-electron chi connectivity index (χ1n) is 47.7. The molecule has 26 rings (SSSR count). The number of hydrogen-bond donors (Lipinski definition) is 13. The molecule has 6 heterocycles. The van der Waals surface area contributed by atoms with Gasteiger partial charge < -0.3 is 37.0 Å². The van der Waals surface area contributed by atoms with E-state index >= 15 is 0 Å². The third-order valence-electron chi connectivity index (χ3n) is 30.3. The third-order valence-corrected chi connectivity index (χ3v) is 30.3. The number of fused-ring (bicyclic) bond motifs is 24. The zero-order valence-corrected chi connectivity index (χ0v) is 77.7. The van der Waals surface area contributed by atoms with Crippen molar-refractivity contribution < 1.29 is 93.8 Å². The summed E-state index contributed by atoms with van der Waals surface area (Å²) in [4.78, 5) is 159. The number of amides is 18. The molecule has 0 aromatic heterocycles. The van der Waals surface area contributed by atoms with Crippen molar-refractivity contribution in [3.8, 4) is 44.5 Å². The predicted molar refractivity (Wildman–Crippen MR) is 514 cm³/mol. The number of halogens is 6. The number of nitrogens with one attached hydrogen (secondary N) is 12. The lowest BCUT2D eigenvalue weighted by Crippen LogP contribution is -2.45. The second kappa shape index (κ2) is 35.5. The Hall–Kier alpha value is -16.7. The van der Waals surface area contributed by atoms with E-state index in [1.54, 1.807) is 43.3 Å². The van der Waals surface area contributed by atoms with Crippen LogP contribution in [0.3, 0.4) is 0 Å². The van der Waals surface area contributed by atoms with Gasteiger partial charge >= 0.3 is 42.2 Å². The van der Waals surface area contributed by atoms with Crippen LogP contribution in [0.2, 0.25) is 0 Å². The van der Waals surface area contributed by atoms with Crippen LogP contribution in [0.25, 0.3) is 44.5 Å². The Bertz CT molecular complexity index is 7330. The van der Waals surface area contributed by atoms with Gasteiger partial charge in [-0.25, -0.2) is 55.1 Å². The summed E-state index contributed by atoms with van der Waals surface area (Å²) in [5, 5.41) is 39.3. The number of aryl methyl sites for hydroxylation is 5. The molecule has 3 saturated carbocycles. The second-order valence-electron chi connectivity index (χ2n) is 38.7. The molecule has 0 bridgehead atoms. The largest absolute Gasteiger partial charge is 0.481 e. The molecule has 5 spiro atoms. The maximum atomic E-state index is 14.2. The molecule has 6 aliphatic heterocycles. The van der Waals surface area contributed by atoms with Crippen LogP contribution in [0.15, 0.2) is 224 Å². The summed E-state index contributed by atoms with van der Waals surface area (Å²) < 4.78 is 83.4. The Kier molecular flexibility index (Phi) is 23.1. The molecule has 9 fully saturated rings. The van der Waals surface area contributed by atoms with E-state index in [1.807, 2.05) is 80.6 Å². The van der Waals surface area contributed by atoms with Crippen LogP contribution < -0.4 is 63.8 Å². The number of unbranched alkanes of at least 4 members (excludes halogenated alkanes) is 1. The zero-order chi connectivity index (χ0) is 101. The second-order valence-corrected chi connectivity index (χ2v) is 38.7. The number of imide groups is 6. The molecule has 12 aromatic carbocycles. The Morgan fingerprint density at radius 1 is 0.312 bits per heavy atom. The number of carbonyl (C=O) groups is 13. The fraction of sp³-hybridized carbons (Fsp3) is 0.241. The summed E-state index contributed by atoms with van der Waals surface area (Å²) in [5.41, 5.74) is 13.5. The van der Waals surface area contributed by atoms with Crippen molar-refractivity contribution in [3.05, 3.63) is 376 Å². The van der Waals surface area contributed by atoms with Gasteiger partial charge in [0.2, 0.25) is 0 Å². The van der Waals surface area contributed by atoms with Gasteiger partial charge in [-0.2, -0.15) is 0 Å². The fourth-order valence-electron chi connectivity index (χ4n) is 23.0. The minimum absolute atomic E-state index is 0.239. The smallest absolute Gasteiger partial charge is 0.322 e. The number of benzene rings is 12. The minimum atomic E-state index is -1.65. The highest BCUT2D eigenvalue weighted by Crippen LogP contribution is 2.57. The molecular formula is C112H92F6N12O14. The summed E-state index contributed by atoms with van der Waals surface area (Å²) >= 11 is 0. The molecule has 144 heavy (non-hydrogen) atoms. The topological polar surface area (TPSA) is 386 Å². The van der Waals surface area contributed by atoms with Crippen LogP contribution in [-0.2, 0) is 92.5 Å². The van der Waals surface area contributed by atoms with E-state index in [0.717, 1.165) is 153 Å². The highest BCUT2D eigenvalue weighted by atomic mass is 19.1. The average molecular weight is 1940 g/mol. The van der Waals surface area contributed by atoms with Crippen molar-refractivity contribution in [2.45, 2.75) is 168 Å². The SMILES string of the molecule is CCCCc1cc(F)cc(C2(c3cccc(F)c3)NC(=O)NC2=O)c1.Cc1cc(CC(=O)O)c2c(c1)C1(NC(=O)NC1=O)c1cc(F)ccc1-2.Cc1ccc2c(c1)C1(NC(=O)NC1=O)c1ccccc1CC2.O=C1NC(=O)C2(N1)c1cc(F)ccc1-c1ccc(C3CCC3)cc12.O=C1NC(=O)[C@@]2(N1)c1cc(F)ccc1-c1ccc(C3CCC3)cc12.O=C1NC(=O)[C@]2(N1)c1cc(F)ccc1-c1ccc(C3CCC3)cc12. The lowest BCUT2D eigenvalue weighted by Gasteiger charge is -2.29. The van der Waals surface area contributed by atoms with E-state index in [0.29, 0.717) is 68.7 Å². The van der Waals surface area contributed by atoms with Crippen molar-refractivity contribution >= 4 is 77.6 Å². The fourth-order valence-corrected chi connectivity index (χ4v) is 23.0. The standard InChI is InChI=1S/C19H18F2N2O2.3C19H15FN2O2.C18H13FN2O4.C18H16N2O2/c1-2-3-5-12-8-14(11-16(21)9-12)19(17(24)22-18(25)23-19)13-6-4-7-15(20)10-13;3*20-12-5-7-14-13-6-4-11(10-2-1-3-10)8-15(13)19(16(14)9-12)17(23)21-18(24)22-19;1-8-4-9(6-14(22)23)15-11-3-2-10(19)7-12(11)18(13(15)5-8)16(24)20-17(25)21-18;1-11-6-7-13-9-8-12-4-2-3-5-14(12)18(15(13)10-11)16(21)19-17(22)20-18/h4,6-11H,2-3,5H2,1H3,(H2,22,23,24,25);3*4-10H,1-3H2,(H2,21,22,23,24);2-5,7H,6H2,1H3,(H,22,23)(H2,20,21,24,25);2-7,10H,8-9H2,1H3,(H2,19,20,21,22)/t;2*19-;;;/m.10.../s1. The Labute approximate surface area is 819 Å². The maximum absolute atomic E-state index is 14.2. The summed E-state index contributed by atoms with van der Waals surface area (Å²) in [6.07, 6.45) is 14.5. The average Bonchev–Trinajstić information content (AvgIpc) is 1.55. The zero-order valence-electron chi connectivity index (χ0n) is 77.7. The molecule has 14 aliphatic rings. The first-order chi connectivity index (χ1) is 69.2. The number of hydrogen-bond acceptors (Lipinski definition) is 13. The van der Waals surface area contributed by atoms with Gasteiger partial charge in [0.15, 0.2) is 33.2 Å². The number of carboxylic acids is 1. The van der Waals surface area contributed by atoms with Gasteiger partial charge in [-0.3, -0.25) is 65.5 Å². The van der Waals surface area contributed by atoms with Crippen LogP contribution in [0.5, 0.6) is 0 Å². The van der Waals surface area contributed by atoms with Gasteiger partial charge in [-0.15, -0.1) is 0 Å². The molecule has 18 amide bonds. The van der Waals surface area contributed by atoms with Crippen LogP contribution in [0, 0.1) is 48.8 Å². The van der Waals surface area contributed by atoms with Gasteiger partial charge in [0.25, 0.3) is 35.4 Å². The summed E-state index contributed by atoms with van der Waals surface area (Å²) in [6, 6.07) is 59.2. The lowest BCUT2D eigenvalue weighted by atomic mass is 9.78.